The van der Waals surface area contributed by atoms with Crippen LogP contribution in [0.25, 0.3) is 22.4 Å². The van der Waals surface area contributed by atoms with Gasteiger partial charge in [-0.1, -0.05) is 72.8 Å². The van der Waals surface area contributed by atoms with Gasteiger partial charge in [-0.25, -0.2) is 13.1 Å². The molecule has 7 heteroatoms. The van der Waals surface area contributed by atoms with Crippen molar-refractivity contribution >= 4 is 10.0 Å². The van der Waals surface area contributed by atoms with E-state index in [2.05, 4.69) is 14.9 Å². The van der Waals surface area contributed by atoms with Crippen LogP contribution in [-0.4, -0.2) is 31.8 Å². The lowest BCUT2D eigenvalue weighted by Gasteiger charge is -2.09. The molecule has 0 saturated heterocycles. The molecule has 0 fully saturated rings. The normalized spacial score (nSPS) is 11.2. The SMILES string of the molecule is O=S(=O)(NCCOc1ccc(-c2ccccc2)nn1)c1ccc(-c2ccccc2)cc1. The molecule has 4 rings (SSSR count). The van der Waals surface area contributed by atoms with E-state index in [1.165, 1.54) is 0 Å². The van der Waals surface area contributed by atoms with Crippen LogP contribution in [0.5, 0.6) is 5.88 Å². The lowest BCUT2D eigenvalue weighted by molar-refractivity contribution is 0.307. The minimum atomic E-state index is -3.62. The van der Waals surface area contributed by atoms with Crippen LogP contribution < -0.4 is 9.46 Å². The molecule has 0 amide bonds. The van der Waals surface area contributed by atoms with Gasteiger partial charge in [-0.05, 0) is 29.3 Å². The van der Waals surface area contributed by atoms with E-state index in [-0.39, 0.29) is 18.0 Å². The van der Waals surface area contributed by atoms with E-state index in [9.17, 15) is 8.42 Å². The Morgan fingerprint density at radius 2 is 1.29 bits per heavy atom. The summed E-state index contributed by atoms with van der Waals surface area (Å²) < 4.78 is 33.0. The fourth-order valence-electron chi connectivity index (χ4n) is 3.03. The van der Waals surface area contributed by atoms with E-state index >= 15 is 0 Å². The largest absolute Gasteiger partial charge is 0.475 e. The third-order valence-electron chi connectivity index (χ3n) is 4.63. The molecule has 6 nitrogen and oxygen atoms in total. The van der Waals surface area contributed by atoms with Crippen molar-refractivity contribution < 1.29 is 13.2 Å². The van der Waals surface area contributed by atoms with Crippen molar-refractivity contribution in [2.45, 2.75) is 4.90 Å². The van der Waals surface area contributed by atoms with Gasteiger partial charge >= 0.3 is 0 Å². The molecule has 0 aliphatic rings. The predicted octanol–water partition coefficient (Wildman–Crippen LogP) is 4.17. The zero-order valence-electron chi connectivity index (χ0n) is 16.7. The minimum absolute atomic E-state index is 0.116. The molecule has 0 unspecified atom stereocenters. The van der Waals surface area contributed by atoms with Gasteiger partial charge < -0.3 is 4.74 Å². The summed E-state index contributed by atoms with van der Waals surface area (Å²) in [5.74, 6) is 0.339. The molecule has 0 atom stereocenters. The Bertz CT molecular complexity index is 1210. The number of benzene rings is 3. The van der Waals surface area contributed by atoms with Crippen LogP contribution in [0.2, 0.25) is 0 Å². The number of ether oxygens (including phenoxy) is 1. The summed E-state index contributed by atoms with van der Waals surface area (Å²) in [5.41, 5.74) is 3.70. The highest BCUT2D eigenvalue weighted by Crippen LogP contribution is 2.21. The van der Waals surface area contributed by atoms with Gasteiger partial charge in [0.15, 0.2) is 0 Å². The summed E-state index contributed by atoms with van der Waals surface area (Å²) in [7, 11) is -3.62. The summed E-state index contributed by atoms with van der Waals surface area (Å²) in [6.45, 7) is 0.256. The van der Waals surface area contributed by atoms with Crippen LogP contribution in [-0.2, 0) is 10.0 Å². The number of hydrogen-bond acceptors (Lipinski definition) is 5. The molecule has 0 spiro atoms. The van der Waals surface area contributed by atoms with Gasteiger partial charge in [-0.15, -0.1) is 10.2 Å². The highest BCUT2D eigenvalue weighted by atomic mass is 32.2. The van der Waals surface area contributed by atoms with E-state index in [1.807, 2.05) is 66.7 Å². The topological polar surface area (TPSA) is 81.2 Å². The average Bonchev–Trinajstić information content (AvgIpc) is 2.83. The molecule has 0 radical (unpaired) electrons. The second-order valence-corrected chi connectivity index (χ2v) is 8.53. The van der Waals surface area contributed by atoms with Crippen molar-refractivity contribution in [2.75, 3.05) is 13.2 Å². The summed E-state index contributed by atoms with van der Waals surface area (Å²) in [6, 6.07) is 29.8. The standard InChI is InChI=1S/C24H21N3O3S/c28-31(29,22-13-11-20(12-14-22)19-7-3-1-4-8-19)25-17-18-30-24-16-15-23(26-27-24)21-9-5-2-6-10-21/h1-16,25H,17-18H2. The van der Waals surface area contributed by atoms with E-state index in [4.69, 9.17) is 4.74 Å². The Kier molecular flexibility index (Phi) is 6.35. The molecule has 1 heterocycles. The maximum absolute atomic E-state index is 12.5. The van der Waals surface area contributed by atoms with Crippen molar-refractivity contribution in [3.63, 3.8) is 0 Å². The molecule has 0 saturated carbocycles. The van der Waals surface area contributed by atoms with Crippen LogP contribution in [0.3, 0.4) is 0 Å². The van der Waals surface area contributed by atoms with Crippen LogP contribution in [0.1, 0.15) is 0 Å². The molecule has 4 aromatic rings. The molecule has 0 aliphatic heterocycles. The molecule has 1 aromatic heterocycles. The molecule has 0 bridgehead atoms. The average molecular weight is 432 g/mol. The molecule has 3 aromatic carbocycles. The van der Waals surface area contributed by atoms with Crippen molar-refractivity contribution in [1.29, 1.82) is 0 Å². The van der Waals surface area contributed by atoms with Crippen LogP contribution >= 0.6 is 0 Å². The maximum Gasteiger partial charge on any atom is 0.240 e. The minimum Gasteiger partial charge on any atom is -0.475 e. The fraction of sp³-hybridized carbons (Fsp3) is 0.0833. The first-order chi connectivity index (χ1) is 15.1. The second kappa shape index (κ2) is 9.51. The van der Waals surface area contributed by atoms with Gasteiger partial charge in [0.1, 0.15) is 6.61 Å². The van der Waals surface area contributed by atoms with Crippen LogP contribution in [0.4, 0.5) is 0 Å². The number of rotatable bonds is 8. The van der Waals surface area contributed by atoms with Gasteiger partial charge in [-0.3, -0.25) is 0 Å². The molecular weight excluding hydrogens is 410 g/mol. The monoisotopic (exact) mass is 431 g/mol. The summed E-state index contributed by atoms with van der Waals surface area (Å²) >= 11 is 0. The second-order valence-electron chi connectivity index (χ2n) is 6.76. The zero-order valence-corrected chi connectivity index (χ0v) is 17.5. The van der Waals surface area contributed by atoms with E-state index in [0.29, 0.717) is 5.88 Å². The number of sulfonamides is 1. The Labute approximate surface area is 181 Å². The van der Waals surface area contributed by atoms with Gasteiger partial charge in [0, 0.05) is 18.2 Å². The van der Waals surface area contributed by atoms with Gasteiger partial charge in [-0.2, -0.15) is 0 Å². The number of nitrogens with one attached hydrogen (secondary N) is 1. The quantitative estimate of drug-likeness (QED) is 0.424. The highest BCUT2D eigenvalue weighted by Gasteiger charge is 2.13. The van der Waals surface area contributed by atoms with Crippen molar-refractivity contribution in [3.05, 3.63) is 97.1 Å². The zero-order chi connectivity index (χ0) is 21.5. The third kappa shape index (κ3) is 5.33. The Hall–Kier alpha value is -3.55. The van der Waals surface area contributed by atoms with Gasteiger partial charge in [0.25, 0.3) is 0 Å². The molecule has 31 heavy (non-hydrogen) atoms. The Morgan fingerprint density at radius 3 is 1.90 bits per heavy atom. The van der Waals surface area contributed by atoms with E-state index in [0.717, 1.165) is 22.4 Å². The Balaban J connectivity index is 1.30. The summed E-state index contributed by atoms with van der Waals surface area (Å²) in [5, 5.41) is 8.18. The first-order valence-corrected chi connectivity index (χ1v) is 11.3. The Morgan fingerprint density at radius 1 is 0.677 bits per heavy atom. The van der Waals surface area contributed by atoms with Crippen molar-refractivity contribution in [2.24, 2.45) is 0 Å². The van der Waals surface area contributed by atoms with Gasteiger partial charge in [0.05, 0.1) is 10.6 Å². The van der Waals surface area contributed by atoms with E-state index < -0.39 is 10.0 Å². The van der Waals surface area contributed by atoms with Crippen LogP contribution in [0, 0.1) is 0 Å². The summed E-state index contributed by atoms with van der Waals surface area (Å²) in [6.07, 6.45) is 0. The number of nitrogens with zero attached hydrogens (tertiary/aromatic N) is 2. The first-order valence-electron chi connectivity index (χ1n) is 9.79. The van der Waals surface area contributed by atoms with Crippen LogP contribution in [0.15, 0.2) is 102 Å². The number of hydrogen-bond donors (Lipinski definition) is 1. The highest BCUT2D eigenvalue weighted by molar-refractivity contribution is 7.89. The van der Waals surface area contributed by atoms with Crippen molar-refractivity contribution in [3.8, 4) is 28.3 Å². The molecular formula is C24H21N3O3S. The third-order valence-corrected chi connectivity index (χ3v) is 6.10. The summed E-state index contributed by atoms with van der Waals surface area (Å²) in [4.78, 5) is 0.208. The van der Waals surface area contributed by atoms with Gasteiger partial charge in [0.2, 0.25) is 15.9 Å². The number of aromatic nitrogens is 2. The fourth-order valence-corrected chi connectivity index (χ4v) is 4.05. The molecule has 1 N–H and O–H groups in total. The van der Waals surface area contributed by atoms with Crippen molar-refractivity contribution in [1.82, 2.24) is 14.9 Å². The maximum atomic E-state index is 12.5. The van der Waals surface area contributed by atoms with E-state index in [1.54, 1.807) is 30.3 Å². The molecule has 156 valence electrons. The molecule has 0 aliphatic carbocycles. The lowest BCUT2D eigenvalue weighted by Crippen LogP contribution is -2.28. The first kappa shape index (κ1) is 20.7. The lowest BCUT2D eigenvalue weighted by atomic mass is 10.1. The smallest absolute Gasteiger partial charge is 0.240 e. The predicted molar refractivity (Wildman–Crippen MR) is 120 cm³/mol.